The lowest BCUT2D eigenvalue weighted by atomic mass is 9.97. The van der Waals surface area contributed by atoms with E-state index in [2.05, 4.69) is 47.3 Å². The molecule has 3 rings (SSSR count). The van der Waals surface area contributed by atoms with Crippen LogP contribution in [0.3, 0.4) is 0 Å². The zero-order valence-corrected chi connectivity index (χ0v) is 12.9. The molecule has 2 heterocycles. The highest BCUT2D eigenvalue weighted by atomic mass is 15.2. The number of likely N-dealkylation sites (N-methyl/N-ethyl adjacent to an activating group) is 1. The van der Waals surface area contributed by atoms with Gasteiger partial charge in [0.05, 0.1) is 0 Å². The van der Waals surface area contributed by atoms with Gasteiger partial charge in [0.25, 0.3) is 0 Å². The maximum absolute atomic E-state index is 3.49. The summed E-state index contributed by atoms with van der Waals surface area (Å²) in [6.07, 6.45) is 3.68. The number of anilines is 1. The minimum Gasteiger partial charge on any atom is -0.367 e. The van der Waals surface area contributed by atoms with Crippen LogP contribution >= 0.6 is 0 Å². The first kappa shape index (κ1) is 13.9. The minimum absolute atomic E-state index is 0.656. The van der Waals surface area contributed by atoms with E-state index in [1.165, 1.54) is 50.1 Å². The number of nitrogens with zero attached hydrogens (tertiary/aromatic N) is 2. The van der Waals surface area contributed by atoms with Crippen molar-refractivity contribution >= 4 is 5.69 Å². The Kier molecular flexibility index (Phi) is 4.27. The lowest BCUT2D eigenvalue weighted by molar-refractivity contribution is 0.328. The molecule has 20 heavy (non-hydrogen) atoms. The van der Waals surface area contributed by atoms with Crippen LogP contribution in [0.25, 0.3) is 0 Å². The van der Waals surface area contributed by atoms with Gasteiger partial charge in [0.1, 0.15) is 0 Å². The number of hydrogen-bond donors (Lipinski definition) is 1. The average molecular weight is 273 g/mol. The normalized spacial score (nSPS) is 24.3. The molecule has 0 saturated carbocycles. The Bertz CT molecular complexity index is 458. The fourth-order valence-corrected chi connectivity index (χ4v) is 3.69. The molecule has 1 aromatic carbocycles. The fraction of sp³-hybridized carbons (Fsp3) is 0.647. The summed E-state index contributed by atoms with van der Waals surface area (Å²) < 4.78 is 0. The average Bonchev–Trinajstić information content (AvgIpc) is 2.68. The Hall–Kier alpha value is -1.06. The number of rotatable bonds is 2. The number of fused-ring (bicyclic) bond motifs is 1. The predicted molar refractivity (Wildman–Crippen MR) is 85.4 cm³/mol. The van der Waals surface area contributed by atoms with Crippen molar-refractivity contribution < 1.29 is 0 Å². The smallest absolute Gasteiger partial charge is 0.0414 e. The van der Waals surface area contributed by atoms with Crippen molar-refractivity contribution in [2.24, 2.45) is 0 Å². The molecule has 0 aromatic heterocycles. The van der Waals surface area contributed by atoms with Crippen molar-refractivity contribution in [3.8, 4) is 0 Å². The van der Waals surface area contributed by atoms with Crippen molar-refractivity contribution in [3.63, 3.8) is 0 Å². The van der Waals surface area contributed by atoms with Crippen LogP contribution in [0.5, 0.6) is 0 Å². The van der Waals surface area contributed by atoms with Crippen LogP contribution in [0.2, 0.25) is 0 Å². The summed E-state index contributed by atoms with van der Waals surface area (Å²) in [5, 5.41) is 3.49. The van der Waals surface area contributed by atoms with Gasteiger partial charge in [0.2, 0.25) is 0 Å². The van der Waals surface area contributed by atoms with Crippen molar-refractivity contribution in [2.75, 3.05) is 38.1 Å². The van der Waals surface area contributed by atoms with E-state index in [0.29, 0.717) is 6.04 Å². The summed E-state index contributed by atoms with van der Waals surface area (Å²) in [4.78, 5) is 5.18. The zero-order valence-electron chi connectivity index (χ0n) is 12.9. The maximum atomic E-state index is 3.49. The SMILES string of the molecule is CCC1CN(C)CCCN1c1cccc2c1CCNC2. The minimum atomic E-state index is 0.656. The van der Waals surface area contributed by atoms with Crippen LogP contribution in [-0.2, 0) is 13.0 Å². The maximum Gasteiger partial charge on any atom is 0.0414 e. The summed E-state index contributed by atoms with van der Waals surface area (Å²) in [5.74, 6) is 0. The molecule has 2 aliphatic rings. The molecule has 2 aliphatic heterocycles. The number of nitrogens with one attached hydrogen (secondary N) is 1. The Morgan fingerprint density at radius 3 is 3.05 bits per heavy atom. The van der Waals surface area contributed by atoms with Crippen LogP contribution in [0.1, 0.15) is 30.9 Å². The first-order valence-corrected chi connectivity index (χ1v) is 8.06. The van der Waals surface area contributed by atoms with E-state index in [0.717, 1.165) is 13.1 Å². The Labute approximate surface area is 123 Å². The summed E-state index contributed by atoms with van der Waals surface area (Å²) in [6, 6.07) is 7.53. The quantitative estimate of drug-likeness (QED) is 0.891. The van der Waals surface area contributed by atoms with Gasteiger partial charge < -0.3 is 15.1 Å². The van der Waals surface area contributed by atoms with Crippen molar-refractivity contribution in [2.45, 2.75) is 38.8 Å². The molecule has 1 saturated heterocycles. The molecule has 1 aromatic rings. The van der Waals surface area contributed by atoms with E-state index in [1.54, 1.807) is 5.56 Å². The molecular formula is C17H27N3. The summed E-state index contributed by atoms with van der Waals surface area (Å²) in [6.45, 7) is 8.10. The third-order valence-electron chi connectivity index (χ3n) is 4.80. The van der Waals surface area contributed by atoms with Gasteiger partial charge in [-0.3, -0.25) is 0 Å². The molecule has 1 unspecified atom stereocenters. The highest BCUT2D eigenvalue weighted by Crippen LogP contribution is 2.30. The molecule has 3 nitrogen and oxygen atoms in total. The molecule has 1 N–H and O–H groups in total. The lowest BCUT2D eigenvalue weighted by Crippen LogP contribution is -2.41. The van der Waals surface area contributed by atoms with Gasteiger partial charge in [0, 0.05) is 31.4 Å². The third kappa shape index (κ3) is 2.70. The molecule has 1 fully saturated rings. The standard InChI is InChI=1S/C17H27N3/c1-3-15-13-19(2)10-5-11-20(15)17-7-4-6-14-12-18-9-8-16(14)17/h4,6-7,15,18H,3,5,8-13H2,1-2H3. The van der Waals surface area contributed by atoms with Crippen molar-refractivity contribution in [1.29, 1.82) is 0 Å². The van der Waals surface area contributed by atoms with E-state index < -0.39 is 0 Å². The van der Waals surface area contributed by atoms with Crippen LogP contribution in [-0.4, -0.2) is 44.2 Å². The topological polar surface area (TPSA) is 18.5 Å². The van der Waals surface area contributed by atoms with Crippen LogP contribution < -0.4 is 10.2 Å². The van der Waals surface area contributed by atoms with E-state index in [1.807, 2.05) is 0 Å². The molecule has 3 heteroatoms. The van der Waals surface area contributed by atoms with Crippen molar-refractivity contribution in [1.82, 2.24) is 10.2 Å². The molecule has 0 amide bonds. The second kappa shape index (κ2) is 6.15. The lowest BCUT2D eigenvalue weighted by Gasteiger charge is -2.35. The monoisotopic (exact) mass is 273 g/mol. The Morgan fingerprint density at radius 2 is 2.20 bits per heavy atom. The van der Waals surface area contributed by atoms with Gasteiger partial charge in [-0.2, -0.15) is 0 Å². The summed E-state index contributed by atoms with van der Waals surface area (Å²) >= 11 is 0. The molecule has 0 aliphatic carbocycles. The largest absolute Gasteiger partial charge is 0.367 e. The summed E-state index contributed by atoms with van der Waals surface area (Å²) in [7, 11) is 2.26. The van der Waals surface area contributed by atoms with E-state index >= 15 is 0 Å². The van der Waals surface area contributed by atoms with Gasteiger partial charge in [-0.15, -0.1) is 0 Å². The molecule has 1 atom stereocenters. The number of benzene rings is 1. The highest BCUT2D eigenvalue weighted by molar-refractivity contribution is 5.58. The first-order valence-electron chi connectivity index (χ1n) is 8.06. The highest BCUT2D eigenvalue weighted by Gasteiger charge is 2.25. The second-order valence-electron chi connectivity index (χ2n) is 6.21. The van der Waals surface area contributed by atoms with E-state index in [4.69, 9.17) is 0 Å². The molecule has 0 radical (unpaired) electrons. The predicted octanol–water partition coefficient (Wildman–Crippen LogP) is 2.25. The van der Waals surface area contributed by atoms with Crippen LogP contribution in [0.4, 0.5) is 5.69 Å². The van der Waals surface area contributed by atoms with E-state index in [-0.39, 0.29) is 0 Å². The Morgan fingerprint density at radius 1 is 1.30 bits per heavy atom. The third-order valence-corrected chi connectivity index (χ3v) is 4.80. The van der Waals surface area contributed by atoms with Gasteiger partial charge in [-0.25, -0.2) is 0 Å². The fourth-order valence-electron chi connectivity index (χ4n) is 3.69. The number of hydrogen-bond acceptors (Lipinski definition) is 3. The van der Waals surface area contributed by atoms with Gasteiger partial charge in [0.15, 0.2) is 0 Å². The second-order valence-corrected chi connectivity index (χ2v) is 6.21. The van der Waals surface area contributed by atoms with Gasteiger partial charge in [-0.1, -0.05) is 19.1 Å². The van der Waals surface area contributed by atoms with Crippen molar-refractivity contribution in [3.05, 3.63) is 29.3 Å². The molecule has 0 spiro atoms. The van der Waals surface area contributed by atoms with Gasteiger partial charge in [-0.05, 0) is 56.6 Å². The van der Waals surface area contributed by atoms with Gasteiger partial charge >= 0.3 is 0 Å². The molecule has 110 valence electrons. The molecular weight excluding hydrogens is 246 g/mol. The Balaban J connectivity index is 1.94. The van der Waals surface area contributed by atoms with E-state index in [9.17, 15) is 0 Å². The summed E-state index contributed by atoms with van der Waals surface area (Å²) in [5.41, 5.74) is 4.60. The molecule has 0 bridgehead atoms. The van der Waals surface area contributed by atoms with Crippen LogP contribution in [0, 0.1) is 0 Å². The first-order chi connectivity index (χ1) is 9.79. The zero-order chi connectivity index (χ0) is 13.9. The van der Waals surface area contributed by atoms with Crippen LogP contribution in [0.15, 0.2) is 18.2 Å².